The summed E-state index contributed by atoms with van der Waals surface area (Å²) in [6.45, 7) is 2.77. The lowest BCUT2D eigenvalue weighted by Crippen LogP contribution is -2.40. The zero-order valence-corrected chi connectivity index (χ0v) is 18.6. The summed E-state index contributed by atoms with van der Waals surface area (Å²) < 4.78 is 5.40. The average molecular weight is 431 g/mol. The summed E-state index contributed by atoms with van der Waals surface area (Å²) in [5.41, 5.74) is 4.01. The molecule has 5 nitrogen and oxygen atoms in total. The van der Waals surface area contributed by atoms with E-state index in [9.17, 15) is 9.90 Å². The third-order valence-corrected chi connectivity index (χ3v) is 6.93. The predicted molar refractivity (Wildman–Crippen MR) is 126 cm³/mol. The molecule has 5 heteroatoms. The van der Waals surface area contributed by atoms with Crippen molar-refractivity contribution in [2.75, 3.05) is 33.4 Å². The van der Waals surface area contributed by atoms with Gasteiger partial charge in [0.25, 0.3) is 5.91 Å². The molecule has 1 heterocycles. The standard InChI is InChI=1S/C27H30N2O3/c1-28(25-12-6-9-19-7-2-5-11-22(19)25)18-24-21-10-4-3-8-20(21)17-23(26(24)30)27(31)29-13-15-32-16-14-29/h2-5,7-8,10-11,17,25,30H,6,9,12-16,18H2,1H3/t25-/m0/s1. The Kier molecular flexibility index (Phi) is 5.85. The summed E-state index contributed by atoms with van der Waals surface area (Å²) in [6, 6.07) is 18.8. The highest BCUT2D eigenvalue weighted by Gasteiger charge is 2.27. The van der Waals surface area contributed by atoms with Gasteiger partial charge in [-0.3, -0.25) is 9.69 Å². The van der Waals surface area contributed by atoms with Crippen LogP contribution in [0, 0.1) is 0 Å². The molecule has 1 atom stereocenters. The summed E-state index contributed by atoms with van der Waals surface area (Å²) in [6.07, 6.45) is 3.38. The quantitative estimate of drug-likeness (QED) is 0.661. The first-order chi connectivity index (χ1) is 15.6. The van der Waals surface area contributed by atoms with E-state index in [1.54, 1.807) is 4.90 Å². The van der Waals surface area contributed by atoms with Crippen molar-refractivity contribution < 1.29 is 14.6 Å². The molecule has 1 amide bonds. The molecular formula is C27H30N2O3. The first-order valence-electron chi connectivity index (χ1n) is 11.5. The Morgan fingerprint density at radius 3 is 2.72 bits per heavy atom. The van der Waals surface area contributed by atoms with Gasteiger partial charge in [-0.2, -0.15) is 0 Å². The lowest BCUT2D eigenvalue weighted by molar-refractivity contribution is 0.0301. The number of fused-ring (bicyclic) bond motifs is 2. The van der Waals surface area contributed by atoms with Crippen LogP contribution in [0.2, 0.25) is 0 Å². The third kappa shape index (κ3) is 3.87. The van der Waals surface area contributed by atoms with Crippen molar-refractivity contribution >= 4 is 16.7 Å². The molecule has 166 valence electrons. The Bertz CT molecular complexity index is 1140. The number of phenols is 1. The van der Waals surface area contributed by atoms with Crippen LogP contribution >= 0.6 is 0 Å². The summed E-state index contributed by atoms with van der Waals surface area (Å²) in [5, 5.41) is 13.3. The van der Waals surface area contributed by atoms with Crippen LogP contribution in [-0.2, 0) is 17.7 Å². The van der Waals surface area contributed by atoms with Crippen LogP contribution in [0.4, 0.5) is 0 Å². The number of aryl methyl sites for hydroxylation is 1. The van der Waals surface area contributed by atoms with Gasteiger partial charge in [0.1, 0.15) is 5.75 Å². The maximum atomic E-state index is 13.3. The van der Waals surface area contributed by atoms with Crippen molar-refractivity contribution in [2.45, 2.75) is 31.8 Å². The largest absolute Gasteiger partial charge is 0.507 e. The molecule has 0 unspecified atom stereocenters. The minimum absolute atomic E-state index is 0.108. The highest BCUT2D eigenvalue weighted by atomic mass is 16.5. The lowest BCUT2D eigenvalue weighted by Gasteiger charge is -2.34. The van der Waals surface area contributed by atoms with E-state index >= 15 is 0 Å². The smallest absolute Gasteiger partial charge is 0.257 e. The molecule has 0 saturated carbocycles. The fourth-order valence-corrected chi connectivity index (χ4v) is 5.22. The van der Waals surface area contributed by atoms with E-state index in [0.717, 1.165) is 35.6 Å². The Labute approximate surface area is 189 Å². The minimum atomic E-state index is -0.122. The molecule has 1 aliphatic heterocycles. The number of morpholine rings is 1. The monoisotopic (exact) mass is 430 g/mol. The number of rotatable bonds is 4. The van der Waals surface area contributed by atoms with Gasteiger partial charge < -0.3 is 14.7 Å². The van der Waals surface area contributed by atoms with E-state index in [4.69, 9.17) is 4.74 Å². The second kappa shape index (κ2) is 8.93. The van der Waals surface area contributed by atoms with Crippen molar-refractivity contribution in [2.24, 2.45) is 0 Å². The van der Waals surface area contributed by atoms with Crippen molar-refractivity contribution in [1.29, 1.82) is 0 Å². The Morgan fingerprint density at radius 2 is 1.88 bits per heavy atom. The molecule has 0 spiro atoms. The highest BCUT2D eigenvalue weighted by molar-refractivity contribution is 6.03. The molecule has 1 saturated heterocycles. The number of hydrogen-bond donors (Lipinski definition) is 1. The normalized spacial score (nSPS) is 18.7. The molecule has 3 aromatic rings. The Morgan fingerprint density at radius 1 is 1.12 bits per heavy atom. The highest BCUT2D eigenvalue weighted by Crippen LogP contribution is 2.38. The van der Waals surface area contributed by atoms with Crippen LogP contribution < -0.4 is 0 Å². The van der Waals surface area contributed by atoms with E-state index in [2.05, 4.69) is 36.2 Å². The molecule has 0 bridgehead atoms. The Hall–Kier alpha value is -2.89. The number of hydrogen-bond acceptors (Lipinski definition) is 4. The average Bonchev–Trinajstić information content (AvgIpc) is 2.85. The first-order valence-corrected chi connectivity index (χ1v) is 11.5. The van der Waals surface area contributed by atoms with Gasteiger partial charge in [0, 0.05) is 31.2 Å². The van der Waals surface area contributed by atoms with Crippen molar-refractivity contribution in [1.82, 2.24) is 9.80 Å². The van der Waals surface area contributed by atoms with Gasteiger partial charge in [-0.15, -0.1) is 0 Å². The Balaban J connectivity index is 1.52. The van der Waals surface area contributed by atoms with E-state index < -0.39 is 0 Å². The number of phenolic OH excluding ortho intramolecular Hbond substituents is 1. The van der Waals surface area contributed by atoms with Gasteiger partial charge in [0.05, 0.1) is 18.8 Å². The molecule has 1 N–H and O–H groups in total. The van der Waals surface area contributed by atoms with Gasteiger partial charge >= 0.3 is 0 Å². The fourth-order valence-electron chi connectivity index (χ4n) is 5.22. The molecule has 5 rings (SSSR count). The number of aromatic hydroxyl groups is 1. The number of carbonyl (C=O) groups is 1. The van der Waals surface area contributed by atoms with E-state index in [0.29, 0.717) is 44.5 Å². The van der Waals surface area contributed by atoms with Crippen LogP contribution in [0.25, 0.3) is 10.8 Å². The lowest BCUT2D eigenvalue weighted by atomic mass is 9.86. The minimum Gasteiger partial charge on any atom is -0.507 e. The third-order valence-electron chi connectivity index (χ3n) is 6.93. The zero-order valence-electron chi connectivity index (χ0n) is 18.6. The molecule has 3 aromatic carbocycles. The predicted octanol–water partition coefficient (Wildman–Crippen LogP) is 4.53. The number of nitrogens with zero attached hydrogens (tertiary/aromatic N) is 2. The van der Waals surface area contributed by atoms with Crippen LogP contribution in [0.1, 0.15) is 45.9 Å². The van der Waals surface area contributed by atoms with E-state index in [-0.39, 0.29) is 11.7 Å². The maximum Gasteiger partial charge on any atom is 0.257 e. The molecule has 0 radical (unpaired) electrons. The van der Waals surface area contributed by atoms with Crippen molar-refractivity contribution in [3.05, 3.63) is 76.9 Å². The topological polar surface area (TPSA) is 53.0 Å². The molecule has 1 fully saturated rings. The first kappa shape index (κ1) is 21.0. The van der Waals surface area contributed by atoms with Crippen molar-refractivity contribution in [3.63, 3.8) is 0 Å². The number of benzene rings is 3. The number of carbonyl (C=O) groups excluding carboxylic acids is 1. The SMILES string of the molecule is CN(Cc1c(O)c(C(=O)N2CCOCC2)cc2ccccc12)[C@H]1CCCc2ccccc21. The van der Waals surface area contributed by atoms with Crippen molar-refractivity contribution in [3.8, 4) is 5.75 Å². The van der Waals surface area contributed by atoms with E-state index in [1.165, 1.54) is 11.1 Å². The fraction of sp³-hybridized carbons (Fsp3) is 0.370. The van der Waals surface area contributed by atoms with Crippen LogP contribution in [0.3, 0.4) is 0 Å². The summed E-state index contributed by atoms with van der Waals surface area (Å²) >= 11 is 0. The summed E-state index contributed by atoms with van der Waals surface area (Å²) in [5.74, 6) is -0.0143. The second-order valence-corrected chi connectivity index (χ2v) is 8.90. The van der Waals surface area contributed by atoms with Gasteiger partial charge in [0.15, 0.2) is 0 Å². The van der Waals surface area contributed by atoms with Crippen LogP contribution in [0.15, 0.2) is 54.6 Å². The molecule has 0 aromatic heterocycles. The second-order valence-electron chi connectivity index (χ2n) is 8.90. The molecule has 32 heavy (non-hydrogen) atoms. The van der Waals surface area contributed by atoms with Gasteiger partial charge in [0.2, 0.25) is 0 Å². The zero-order chi connectivity index (χ0) is 22.1. The van der Waals surface area contributed by atoms with E-state index in [1.807, 2.05) is 30.3 Å². The van der Waals surface area contributed by atoms with Gasteiger partial charge in [-0.25, -0.2) is 0 Å². The summed E-state index contributed by atoms with van der Waals surface area (Å²) in [7, 11) is 2.12. The van der Waals surface area contributed by atoms with Gasteiger partial charge in [-0.05, 0) is 54.3 Å². The number of ether oxygens (including phenoxy) is 1. The maximum absolute atomic E-state index is 13.3. The molecule has 1 aliphatic carbocycles. The van der Waals surface area contributed by atoms with Gasteiger partial charge in [-0.1, -0.05) is 48.5 Å². The van der Waals surface area contributed by atoms with Crippen LogP contribution in [-0.4, -0.2) is 54.2 Å². The van der Waals surface area contributed by atoms with Crippen LogP contribution in [0.5, 0.6) is 5.75 Å². The summed E-state index contributed by atoms with van der Waals surface area (Å²) in [4.78, 5) is 17.4. The number of amides is 1. The molecular weight excluding hydrogens is 400 g/mol. The molecule has 2 aliphatic rings.